The average molecular weight is 302 g/mol. The van der Waals surface area contributed by atoms with Gasteiger partial charge in [0.15, 0.2) is 9.84 Å². The van der Waals surface area contributed by atoms with E-state index in [2.05, 4.69) is 5.32 Å². The van der Waals surface area contributed by atoms with Crippen LogP contribution in [0.1, 0.15) is 36.4 Å². The van der Waals surface area contributed by atoms with Gasteiger partial charge in [-0.1, -0.05) is 30.2 Å². The number of halogens is 1. The summed E-state index contributed by atoms with van der Waals surface area (Å²) in [6.45, 7) is 1.94. The lowest BCUT2D eigenvalue weighted by Crippen LogP contribution is -2.39. The number of hydrogen-bond acceptors (Lipinski definition) is 3. The van der Waals surface area contributed by atoms with Gasteiger partial charge in [-0.25, -0.2) is 8.42 Å². The Kier molecular flexibility index (Phi) is 4.54. The molecule has 1 aliphatic rings. The van der Waals surface area contributed by atoms with E-state index >= 15 is 0 Å². The molecule has 2 atom stereocenters. The van der Waals surface area contributed by atoms with Crippen molar-refractivity contribution in [2.45, 2.75) is 37.5 Å². The van der Waals surface area contributed by atoms with Crippen LogP contribution in [0.5, 0.6) is 0 Å². The zero-order valence-electron chi connectivity index (χ0n) is 11.3. The van der Waals surface area contributed by atoms with Crippen molar-refractivity contribution in [3.8, 4) is 0 Å². The third kappa shape index (κ3) is 3.12. The molecule has 2 rings (SSSR count). The topological polar surface area (TPSA) is 46.2 Å². The Balaban J connectivity index is 2.36. The molecule has 5 heteroatoms. The van der Waals surface area contributed by atoms with Crippen LogP contribution in [0.15, 0.2) is 18.2 Å². The van der Waals surface area contributed by atoms with Crippen LogP contribution in [-0.2, 0) is 9.84 Å². The monoisotopic (exact) mass is 301 g/mol. The molecule has 1 aromatic rings. The normalized spacial score (nSPS) is 24.1. The molecular formula is C14H20ClNO2S. The van der Waals surface area contributed by atoms with Gasteiger partial charge in [0.25, 0.3) is 0 Å². The minimum Gasteiger partial charge on any atom is -0.312 e. The second-order valence-electron chi connectivity index (χ2n) is 5.18. The van der Waals surface area contributed by atoms with E-state index in [1.165, 1.54) is 0 Å². The average Bonchev–Trinajstić information content (AvgIpc) is 2.36. The maximum atomic E-state index is 12.2. The van der Waals surface area contributed by atoms with Gasteiger partial charge < -0.3 is 5.32 Å². The number of aryl methyl sites for hydroxylation is 1. The minimum atomic E-state index is -3.01. The van der Waals surface area contributed by atoms with Crippen LogP contribution in [0, 0.1) is 6.92 Å². The van der Waals surface area contributed by atoms with Gasteiger partial charge in [-0.2, -0.15) is 0 Å². The van der Waals surface area contributed by atoms with E-state index in [-0.39, 0.29) is 11.3 Å². The van der Waals surface area contributed by atoms with Crippen LogP contribution >= 0.6 is 11.6 Å². The summed E-state index contributed by atoms with van der Waals surface area (Å²) in [6, 6.07) is 5.61. The molecule has 106 valence electrons. The smallest absolute Gasteiger partial charge is 0.155 e. The summed E-state index contributed by atoms with van der Waals surface area (Å²) in [5.74, 6) is 0.301. The Hall–Kier alpha value is -0.580. The van der Waals surface area contributed by atoms with Gasteiger partial charge in [0.1, 0.15) is 0 Å². The first-order chi connectivity index (χ1) is 8.95. The van der Waals surface area contributed by atoms with Crippen LogP contribution in [0.25, 0.3) is 0 Å². The summed E-state index contributed by atoms with van der Waals surface area (Å²) in [6.07, 6.45) is 2.48. The molecule has 0 radical (unpaired) electrons. The molecule has 0 bridgehead atoms. The van der Waals surface area contributed by atoms with E-state index in [0.717, 1.165) is 30.4 Å². The highest BCUT2D eigenvalue weighted by Gasteiger charge is 2.35. The van der Waals surface area contributed by atoms with Crippen molar-refractivity contribution in [3.63, 3.8) is 0 Å². The molecular weight excluding hydrogens is 282 g/mol. The second kappa shape index (κ2) is 5.81. The lowest BCUT2D eigenvalue weighted by atomic mass is 9.98. The van der Waals surface area contributed by atoms with Gasteiger partial charge >= 0.3 is 0 Å². The van der Waals surface area contributed by atoms with Crippen LogP contribution < -0.4 is 5.32 Å². The highest BCUT2D eigenvalue weighted by Crippen LogP contribution is 2.32. The number of nitrogens with one attached hydrogen (secondary N) is 1. The third-order valence-electron chi connectivity index (χ3n) is 3.87. The van der Waals surface area contributed by atoms with Crippen LogP contribution in [0.4, 0.5) is 0 Å². The van der Waals surface area contributed by atoms with Crippen molar-refractivity contribution in [2.75, 3.05) is 12.8 Å². The Morgan fingerprint density at radius 3 is 2.68 bits per heavy atom. The molecule has 3 nitrogen and oxygen atoms in total. The molecule has 0 saturated carbocycles. The largest absolute Gasteiger partial charge is 0.312 e. The maximum Gasteiger partial charge on any atom is 0.155 e. The summed E-state index contributed by atoms with van der Waals surface area (Å²) >= 11 is 6.15. The molecule has 0 spiro atoms. The third-order valence-corrected chi connectivity index (χ3v) is 6.56. The molecule has 1 aliphatic heterocycles. The predicted octanol–water partition coefficient (Wildman–Crippen LogP) is 2.88. The molecule has 1 saturated heterocycles. The molecule has 0 amide bonds. The summed E-state index contributed by atoms with van der Waals surface area (Å²) in [5.41, 5.74) is 1.96. The van der Waals surface area contributed by atoms with Crippen molar-refractivity contribution < 1.29 is 8.42 Å². The Morgan fingerprint density at radius 1 is 1.37 bits per heavy atom. The molecule has 0 aromatic heterocycles. The van der Waals surface area contributed by atoms with Gasteiger partial charge in [-0.3, -0.25) is 0 Å². The minimum absolute atomic E-state index is 0.177. The first-order valence-electron chi connectivity index (χ1n) is 6.60. The zero-order chi connectivity index (χ0) is 14.0. The van der Waals surface area contributed by atoms with Gasteiger partial charge in [0, 0.05) is 11.1 Å². The first-order valence-corrected chi connectivity index (χ1v) is 8.70. The van der Waals surface area contributed by atoms with E-state index in [4.69, 9.17) is 11.6 Å². The van der Waals surface area contributed by atoms with Crippen LogP contribution in [0.3, 0.4) is 0 Å². The quantitative estimate of drug-likeness (QED) is 0.934. The van der Waals surface area contributed by atoms with E-state index in [0.29, 0.717) is 10.8 Å². The maximum absolute atomic E-state index is 12.2. The van der Waals surface area contributed by atoms with Gasteiger partial charge in [0.2, 0.25) is 0 Å². The molecule has 1 aromatic carbocycles. The van der Waals surface area contributed by atoms with Crippen molar-refractivity contribution in [1.82, 2.24) is 5.32 Å². The molecule has 1 N–H and O–H groups in total. The van der Waals surface area contributed by atoms with Crippen molar-refractivity contribution in [3.05, 3.63) is 34.3 Å². The van der Waals surface area contributed by atoms with E-state index < -0.39 is 9.84 Å². The number of sulfone groups is 1. The van der Waals surface area contributed by atoms with Gasteiger partial charge in [-0.05, 0) is 44.0 Å². The number of hydrogen-bond donors (Lipinski definition) is 1. The fourth-order valence-electron chi connectivity index (χ4n) is 2.72. The Bertz CT molecular complexity index is 557. The number of benzene rings is 1. The summed E-state index contributed by atoms with van der Waals surface area (Å²) in [4.78, 5) is 0. The van der Waals surface area contributed by atoms with Crippen LogP contribution in [0.2, 0.25) is 5.02 Å². The standard InChI is InChI=1S/C14H20ClNO2S/c1-10-6-7-11(9-12(10)15)14(16-2)13-5-3-4-8-19(13,17)18/h6-7,9,13-14,16H,3-5,8H2,1-2H3. The summed E-state index contributed by atoms with van der Waals surface area (Å²) in [5, 5.41) is 3.50. The molecule has 2 unspecified atom stereocenters. The second-order valence-corrected chi connectivity index (χ2v) is 7.92. The zero-order valence-corrected chi connectivity index (χ0v) is 12.9. The van der Waals surface area contributed by atoms with E-state index in [9.17, 15) is 8.42 Å². The van der Waals surface area contributed by atoms with E-state index in [1.807, 2.05) is 32.2 Å². The van der Waals surface area contributed by atoms with Gasteiger partial charge in [-0.15, -0.1) is 0 Å². The van der Waals surface area contributed by atoms with Gasteiger partial charge in [0.05, 0.1) is 11.0 Å². The molecule has 1 heterocycles. The predicted molar refractivity (Wildman–Crippen MR) is 79.4 cm³/mol. The molecule has 19 heavy (non-hydrogen) atoms. The van der Waals surface area contributed by atoms with Crippen molar-refractivity contribution >= 4 is 21.4 Å². The fourth-order valence-corrected chi connectivity index (χ4v) is 5.06. The fraction of sp³-hybridized carbons (Fsp3) is 0.571. The number of rotatable bonds is 3. The molecule has 1 fully saturated rings. The van der Waals surface area contributed by atoms with Crippen molar-refractivity contribution in [2.24, 2.45) is 0 Å². The first kappa shape index (κ1) is 14.8. The lowest BCUT2D eigenvalue weighted by molar-refractivity contribution is 0.469. The summed E-state index contributed by atoms with van der Waals surface area (Å²) < 4.78 is 24.5. The Morgan fingerprint density at radius 2 is 2.11 bits per heavy atom. The van der Waals surface area contributed by atoms with E-state index in [1.54, 1.807) is 0 Å². The lowest BCUT2D eigenvalue weighted by Gasteiger charge is -2.30. The SMILES string of the molecule is CNC(c1ccc(C)c(Cl)c1)C1CCCCS1(=O)=O. The summed E-state index contributed by atoms with van der Waals surface area (Å²) in [7, 11) is -1.20. The van der Waals surface area contributed by atoms with Crippen LogP contribution in [-0.4, -0.2) is 26.5 Å². The molecule has 0 aliphatic carbocycles. The van der Waals surface area contributed by atoms with Crippen molar-refractivity contribution in [1.29, 1.82) is 0 Å². The highest BCUT2D eigenvalue weighted by molar-refractivity contribution is 7.92. The Labute approximate surface area is 120 Å². The highest BCUT2D eigenvalue weighted by atomic mass is 35.5.